The highest BCUT2D eigenvalue weighted by atomic mass is 16.7. The molecule has 0 unspecified atom stereocenters. The molecule has 0 atom stereocenters. The lowest BCUT2D eigenvalue weighted by Crippen LogP contribution is -2.38. The second kappa shape index (κ2) is 28.2. The van der Waals surface area contributed by atoms with Crippen LogP contribution in [0.25, 0.3) is 21.9 Å². The summed E-state index contributed by atoms with van der Waals surface area (Å²) in [6, 6.07) is 14.7. The maximum Gasteiger partial charge on any atom is 0.515 e. The molecule has 78 heavy (non-hydrogen) atoms. The van der Waals surface area contributed by atoms with E-state index in [-0.39, 0.29) is 29.2 Å². The van der Waals surface area contributed by atoms with Crippen molar-refractivity contribution < 1.29 is 52.3 Å². The van der Waals surface area contributed by atoms with E-state index in [0.717, 1.165) is 123 Å². The number of hydrogen-bond acceptors (Lipinski definition) is 15. The van der Waals surface area contributed by atoms with Crippen molar-refractivity contribution in [3.05, 3.63) is 77.1 Å². The predicted molar refractivity (Wildman–Crippen MR) is 302 cm³/mol. The molecule has 3 aromatic heterocycles. The third kappa shape index (κ3) is 19.3. The van der Waals surface area contributed by atoms with Crippen molar-refractivity contribution in [2.24, 2.45) is 0 Å². The highest BCUT2D eigenvalue weighted by molar-refractivity contribution is 5.93. The van der Waals surface area contributed by atoms with Gasteiger partial charge in [0.05, 0.1) is 17.3 Å². The molecule has 1 saturated heterocycles. The van der Waals surface area contributed by atoms with E-state index < -0.39 is 35.2 Å². The Morgan fingerprint density at radius 2 is 1.38 bits per heavy atom. The topological polar surface area (TPSA) is 216 Å². The summed E-state index contributed by atoms with van der Waals surface area (Å²) in [5.41, 5.74) is 4.51. The fraction of sp³-hybridized carbons (Fsp3) is 0.576. The van der Waals surface area contributed by atoms with Gasteiger partial charge in [-0.1, -0.05) is 38.0 Å². The van der Waals surface area contributed by atoms with Crippen LogP contribution in [-0.2, 0) is 56.0 Å². The summed E-state index contributed by atoms with van der Waals surface area (Å²) in [5, 5.41) is 16.0. The highest BCUT2D eigenvalue weighted by Crippen LogP contribution is 2.33. The molecule has 5 aromatic rings. The van der Waals surface area contributed by atoms with Gasteiger partial charge in [0.25, 0.3) is 0 Å². The summed E-state index contributed by atoms with van der Waals surface area (Å²) in [6.45, 7) is 24.7. The van der Waals surface area contributed by atoms with Gasteiger partial charge >= 0.3 is 24.4 Å². The van der Waals surface area contributed by atoms with Gasteiger partial charge in [0.2, 0.25) is 5.88 Å². The van der Waals surface area contributed by atoms with Crippen LogP contribution >= 0.6 is 0 Å². The van der Waals surface area contributed by atoms with Crippen LogP contribution in [0.3, 0.4) is 0 Å². The van der Waals surface area contributed by atoms with Gasteiger partial charge in [-0.05, 0) is 162 Å². The quantitative estimate of drug-likeness (QED) is 0.0227. The first-order valence-electron chi connectivity index (χ1n) is 27.7. The van der Waals surface area contributed by atoms with Crippen LogP contribution in [0.4, 0.5) is 30.6 Å². The van der Waals surface area contributed by atoms with Crippen molar-refractivity contribution in [2.45, 2.75) is 183 Å². The van der Waals surface area contributed by atoms with E-state index in [9.17, 15) is 19.2 Å². The third-order valence-electron chi connectivity index (χ3n) is 12.6. The minimum Gasteiger partial charge on any atom is -0.444 e. The van der Waals surface area contributed by atoms with Crippen molar-refractivity contribution in [2.75, 3.05) is 50.2 Å². The lowest BCUT2D eigenvalue weighted by Gasteiger charge is -2.27. The Bertz CT molecular complexity index is 2770. The summed E-state index contributed by atoms with van der Waals surface area (Å²) in [6.07, 6.45) is 9.00. The van der Waals surface area contributed by atoms with Gasteiger partial charge < -0.3 is 54.0 Å². The number of benzene rings is 2. The molecule has 0 bridgehead atoms. The molecule has 0 aliphatic carbocycles. The van der Waals surface area contributed by atoms with Crippen molar-refractivity contribution in [3.63, 3.8) is 0 Å². The van der Waals surface area contributed by atoms with E-state index in [1.807, 2.05) is 49.8 Å². The Hall–Kier alpha value is -6.73. The number of rotatable bonds is 24. The molecular weight excluding hydrogens is 997 g/mol. The molecule has 0 saturated carbocycles. The molecular formula is C59H84N8O11. The fourth-order valence-electron chi connectivity index (χ4n) is 8.88. The molecule has 4 heterocycles. The Balaban J connectivity index is 0.917. The zero-order valence-corrected chi connectivity index (χ0v) is 47.9. The normalized spacial score (nSPS) is 13.3. The van der Waals surface area contributed by atoms with E-state index in [1.54, 1.807) is 64.6 Å². The van der Waals surface area contributed by atoms with Crippen LogP contribution in [0, 0.1) is 0 Å². The number of carbonyl (C=O) groups is 4. The summed E-state index contributed by atoms with van der Waals surface area (Å²) < 4.78 is 41.0. The molecule has 2 aromatic carbocycles. The number of pyridine rings is 2. The van der Waals surface area contributed by atoms with Crippen molar-refractivity contribution in [3.8, 4) is 11.6 Å². The lowest BCUT2D eigenvalue weighted by molar-refractivity contribution is 0.0184. The SMILES string of the molecule is CCc1nc2c(cnn2CC)c(NC2CCOCC2)c1CNC(=O)Nc1ccc(CCCCOCCCCCCN(CCc2ccc(OC(=O)OC(C)(C)C)c3nc(OC(=O)OC(C)(C)C)ccc23)C(=O)OC(C)(C)C)cc1. The Labute approximate surface area is 460 Å². The lowest BCUT2D eigenvalue weighted by atomic mass is 10.0. The number of aryl methyl sites for hydroxylation is 3. The van der Waals surface area contributed by atoms with Gasteiger partial charge in [-0.3, -0.25) is 0 Å². The fourth-order valence-corrected chi connectivity index (χ4v) is 8.88. The minimum atomic E-state index is -0.925. The van der Waals surface area contributed by atoms with Crippen LogP contribution in [0.15, 0.2) is 54.7 Å². The molecule has 0 radical (unpaired) electrons. The zero-order chi connectivity index (χ0) is 56.5. The van der Waals surface area contributed by atoms with Gasteiger partial charge in [-0.2, -0.15) is 5.10 Å². The van der Waals surface area contributed by atoms with Crippen molar-refractivity contribution in [1.82, 2.24) is 30.0 Å². The van der Waals surface area contributed by atoms with E-state index in [4.69, 9.17) is 38.1 Å². The first kappa shape index (κ1) is 60.5. The first-order chi connectivity index (χ1) is 37.1. The Morgan fingerprint density at radius 3 is 2.05 bits per heavy atom. The zero-order valence-electron chi connectivity index (χ0n) is 47.9. The smallest absolute Gasteiger partial charge is 0.444 e. The molecule has 19 nitrogen and oxygen atoms in total. The number of carbonyl (C=O) groups excluding carboxylic acids is 4. The van der Waals surface area contributed by atoms with E-state index in [2.05, 4.69) is 52.0 Å². The van der Waals surface area contributed by atoms with Gasteiger partial charge in [-0.15, -0.1) is 0 Å². The van der Waals surface area contributed by atoms with Crippen LogP contribution in [-0.4, -0.2) is 111 Å². The standard InChI is InChI=1S/C59H84N8O11/c1-12-47-45(50(62-43-30-36-73-37-31-43)46-39-61-67(13-2)52(46)64-47)38-60-53(68)63-42-24-21-40(22-25-42)20-16-19-35-72-34-18-15-14-17-32-66(54(69)76-57(3,4)5)33-29-41-23-27-48(74-55(70)77-58(6,7)8)51-44(41)26-28-49(65-51)75-56(71)78-59(9,10)11/h21-28,39,43H,12-20,29-38H2,1-11H3,(H,62,64)(H2,60,63,68). The number of hydrogen-bond donors (Lipinski definition) is 3. The first-order valence-corrected chi connectivity index (χ1v) is 27.7. The Morgan fingerprint density at radius 1 is 0.718 bits per heavy atom. The van der Waals surface area contributed by atoms with Gasteiger partial charge in [-0.25, -0.2) is 33.8 Å². The number of amides is 3. The molecule has 1 aliphatic rings. The van der Waals surface area contributed by atoms with E-state index in [0.29, 0.717) is 44.7 Å². The van der Waals surface area contributed by atoms with E-state index >= 15 is 0 Å². The molecule has 6 rings (SSSR count). The van der Waals surface area contributed by atoms with Gasteiger partial charge in [0, 0.05) is 87.0 Å². The number of ether oxygens (including phenoxy) is 7. The molecule has 1 fully saturated rings. The number of fused-ring (bicyclic) bond motifs is 2. The summed E-state index contributed by atoms with van der Waals surface area (Å²) in [5.74, 6) is 0.0750. The van der Waals surface area contributed by atoms with E-state index in [1.165, 1.54) is 5.56 Å². The van der Waals surface area contributed by atoms with Crippen molar-refractivity contribution >= 4 is 57.7 Å². The number of aromatic nitrogens is 4. The average molecular weight is 1080 g/mol. The third-order valence-corrected chi connectivity index (χ3v) is 12.6. The van der Waals surface area contributed by atoms with Crippen LogP contribution in [0.5, 0.6) is 11.6 Å². The van der Waals surface area contributed by atoms with Crippen LogP contribution in [0.1, 0.15) is 150 Å². The number of nitrogens with one attached hydrogen (secondary N) is 3. The minimum absolute atomic E-state index is 0.0411. The maximum absolute atomic E-state index is 13.5. The number of unbranched alkanes of at least 4 members (excludes halogenated alkanes) is 4. The monoisotopic (exact) mass is 1080 g/mol. The largest absolute Gasteiger partial charge is 0.515 e. The molecule has 426 valence electrons. The number of urea groups is 1. The molecule has 3 amide bonds. The molecule has 19 heteroatoms. The van der Waals surface area contributed by atoms with Gasteiger partial charge in [0.1, 0.15) is 22.3 Å². The highest BCUT2D eigenvalue weighted by Gasteiger charge is 2.26. The summed E-state index contributed by atoms with van der Waals surface area (Å²) >= 11 is 0. The molecule has 1 aliphatic heterocycles. The molecule has 3 N–H and O–H groups in total. The predicted octanol–water partition coefficient (Wildman–Crippen LogP) is 12.5. The maximum atomic E-state index is 13.5. The Kier molecular flexibility index (Phi) is 21.9. The number of nitrogens with zero attached hydrogens (tertiary/aromatic N) is 5. The summed E-state index contributed by atoms with van der Waals surface area (Å²) in [4.78, 5) is 63.2. The van der Waals surface area contributed by atoms with Crippen LogP contribution < -0.4 is 25.4 Å². The van der Waals surface area contributed by atoms with Crippen LogP contribution in [0.2, 0.25) is 0 Å². The van der Waals surface area contributed by atoms with Gasteiger partial charge in [0.15, 0.2) is 11.4 Å². The molecule has 0 spiro atoms. The average Bonchev–Trinajstić information content (AvgIpc) is 3.85. The number of anilines is 2. The van der Waals surface area contributed by atoms with Crippen molar-refractivity contribution in [1.29, 1.82) is 0 Å². The summed E-state index contributed by atoms with van der Waals surface area (Å²) in [7, 11) is 0. The second-order valence-electron chi connectivity index (χ2n) is 22.6. The second-order valence-corrected chi connectivity index (χ2v) is 22.6.